The Balaban J connectivity index is 2.38. The fourth-order valence-electron chi connectivity index (χ4n) is 2.13. The van der Waals surface area contributed by atoms with E-state index in [0.29, 0.717) is 5.69 Å². The van der Waals surface area contributed by atoms with Crippen molar-refractivity contribution >= 4 is 23.3 Å². The minimum atomic E-state index is -0.780. The minimum Gasteiger partial charge on any atom is -0.328 e. The van der Waals surface area contributed by atoms with Crippen LogP contribution >= 0.6 is 12.2 Å². The number of imidazole rings is 1. The van der Waals surface area contributed by atoms with Gasteiger partial charge in [0.1, 0.15) is 23.2 Å². The summed E-state index contributed by atoms with van der Waals surface area (Å²) in [4.78, 5) is 2.63. The first-order chi connectivity index (χ1) is 10.0. The van der Waals surface area contributed by atoms with E-state index in [2.05, 4.69) is 4.98 Å². The molecule has 7 heteroatoms. The number of benzene rings is 2. The Morgan fingerprint density at radius 1 is 1.10 bits per heavy atom. The topological polar surface area (TPSA) is 44.5 Å². The number of hydrogen-bond donors (Lipinski definition) is 1. The van der Waals surface area contributed by atoms with E-state index in [1.165, 1.54) is 16.7 Å². The molecule has 3 rings (SSSR count). The Kier molecular flexibility index (Phi) is 3.03. The van der Waals surface area contributed by atoms with Crippen LogP contribution in [-0.2, 0) is 0 Å². The smallest absolute Gasteiger partial charge is 0.182 e. The van der Waals surface area contributed by atoms with Gasteiger partial charge < -0.3 is 4.98 Å². The molecular weight excluding hydrogens is 299 g/mol. The normalized spacial score (nSPS) is 10.8. The molecule has 1 N–H and O–H groups in total. The van der Waals surface area contributed by atoms with Gasteiger partial charge in [-0.25, -0.2) is 13.2 Å². The van der Waals surface area contributed by atoms with Crippen LogP contribution in [0.4, 0.5) is 13.2 Å². The van der Waals surface area contributed by atoms with Crippen LogP contribution in [0.15, 0.2) is 30.3 Å². The molecule has 0 amide bonds. The Labute approximate surface area is 121 Å². The van der Waals surface area contributed by atoms with Gasteiger partial charge in [0.15, 0.2) is 10.6 Å². The number of aromatic amines is 1. The number of rotatable bonds is 1. The summed E-state index contributed by atoms with van der Waals surface area (Å²) >= 11 is 5.09. The van der Waals surface area contributed by atoms with Gasteiger partial charge in [-0.05, 0) is 30.4 Å². The predicted molar refractivity (Wildman–Crippen MR) is 73.0 cm³/mol. The van der Waals surface area contributed by atoms with E-state index in [4.69, 9.17) is 17.5 Å². The quantitative estimate of drug-likeness (QED) is 0.691. The summed E-state index contributed by atoms with van der Waals surface area (Å²) < 4.78 is 41.9. The van der Waals surface area contributed by atoms with E-state index >= 15 is 0 Å². The fraction of sp³-hybridized carbons (Fsp3) is 0. The number of hydrogen-bond acceptors (Lipinski definition) is 2. The van der Waals surface area contributed by atoms with Gasteiger partial charge in [-0.2, -0.15) is 5.26 Å². The molecule has 3 nitrogen and oxygen atoms in total. The first kappa shape index (κ1) is 13.4. The van der Waals surface area contributed by atoms with Gasteiger partial charge in [-0.15, -0.1) is 0 Å². The van der Waals surface area contributed by atoms with Crippen LogP contribution in [0.2, 0.25) is 0 Å². The third-order valence-corrected chi connectivity index (χ3v) is 3.32. The minimum absolute atomic E-state index is 0.0456. The zero-order valence-corrected chi connectivity index (χ0v) is 11.1. The third kappa shape index (κ3) is 2.10. The van der Waals surface area contributed by atoms with E-state index in [1.807, 2.05) is 0 Å². The lowest BCUT2D eigenvalue weighted by molar-refractivity contribution is 0.590. The summed E-state index contributed by atoms with van der Waals surface area (Å²) in [5.41, 5.74) is 0.382. The van der Waals surface area contributed by atoms with E-state index in [1.54, 1.807) is 6.07 Å². The number of fused-ring (bicyclic) bond motifs is 1. The number of H-pyrrole nitrogens is 1. The Hall–Kier alpha value is -2.59. The molecule has 0 aliphatic rings. The highest BCUT2D eigenvalue weighted by molar-refractivity contribution is 7.71. The maximum atomic E-state index is 13.7. The maximum absolute atomic E-state index is 13.7. The van der Waals surface area contributed by atoms with Crippen molar-refractivity contribution in [1.29, 1.82) is 5.26 Å². The molecule has 3 aromatic rings. The molecule has 0 radical (unpaired) electrons. The van der Waals surface area contributed by atoms with Gasteiger partial charge >= 0.3 is 0 Å². The zero-order valence-electron chi connectivity index (χ0n) is 10.3. The number of halogens is 3. The molecular formula is C14H6F3N3S. The van der Waals surface area contributed by atoms with E-state index in [-0.39, 0.29) is 21.4 Å². The highest BCUT2D eigenvalue weighted by Gasteiger charge is 2.13. The Bertz CT molecular complexity index is 966. The molecule has 0 saturated carbocycles. The number of nitrogens with zero attached hydrogens (tertiary/aromatic N) is 2. The zero-order chi connectivity index (χ0) is 15.1. The van der Waals surface area contributed by atoms with Crippen molar-refractivity contribution < 1.29 is 13.2 Å². The Morgan fingerprint density at radius 2 is 1.86 bits per heavy atom. The third-order valence-electron chi connectivity index (χ3n) is 3.04. The van der Waals surface area contributed by atoms with Crippen molar-refractivity contribution in [3.63, 3.8) is 0 Å². The van der Waals surface area contributed by atoms with Crippen LogP contribution in [0.25, 0.3) is 16.7 Å². The second-order valence-corrected chi connectivity index (χ2v) is 4.71. The van der Waals surface area contributed by atoms with Gasteiger partial charge in [-0.1, -0.05) is 0 Å². The molecule has 0 saturated heterocycles. The Morgan fingerprint density at radius 3 is 2.57 bits per heavy atom. The van der Waals surface area contributed by atoms with Crippen LogP contribution in [0.5, 0.6) is 0 Å². The highest BCUT2D eigenvalue weighted by Crippen LogP contribution is 2.24. The summed E-state index contributed by atoms with van der Waals surface area (Å²) in [7, 11) is 0. The number of nitriles is 1. The van der Waals surface area contributed by atoms with Crippen molar-refractivity contribution in [2.24, 2.45) is 0 Å². The molecule has 0 unspecified atom stereocenters. The summed E-state index contributed by atoms with van der Waals surface area (Å²) in [6, 6.07) is 7.30. The highest BCUT2D eigenvalue weighted by atomic mass is 32.1. The monoisotopic (exact) mass is 305 g/mol. The van der Waals surface area contributed by atoms with Crippen molar-refractivity contribution in [3.8, 4) is 11.8 Å². The molecule has 0 atom stereocenters. The van der Waals surface area contributed by atoms with Gasteiger partial charge in [-0.3, -0.25) is 4.57 Å². The summed E-state index contributed by atoms with van der Waals surface area (Å²) in [6.07, 6.45) is 0. The number of aromatic nitrogens is 2. The SMILES string of the molecule is N#Cc1cc(-n2c(=S)[nH]c3c(F)cc(F)cc32)ccc1F. The summed E-state index contributed by atoms with van der Waals surface area (Å²) in [5.74, 6) is -2.21. The molecule has 1 aromatic heterocycles. The summed E-state index contributed by atoms with van der Waals surface area (Å²) in [5, 5.41) is 8.86. The number of nitrogens with one attached hydrogen (secondary N) is 1. The lowest BCUT2D eigenvalue weighted by atomic mass is 10.2. The van der Waals surface area contributed by atoms with E-state index in [9.17, 15) is 13.2 Å². The van der Waals surface area contributed by atoms with Crippen LogP contribution in [0, 0.1) is 33.6 Å². The lowest BCUT2D eigenvalue weighted by Crippen LogP contribution is -1.97. The maximum Gasteiger partial charge on any atom is 0.182 e. The largest absolute Gasteiger partial charge is 0.328 e. The van der Waals surface area contributed by atoms with E-state index in [0.717, 1.165) is 18.2 Å². The van der Waals surface area contributed by atoms with Gasteiger partial charge in [0.05, 0.1) is 11.1 Å². The predicted octanol–water partition coefficient (Wildman–Crippen LogP) is 3.98. The molecule has 2 aromatic carbocycles. The molecule has 0 bridgehead atoms. The van der Waals surface area contributed by atoms with Crippen molar-refractivity contribution in [2.45, 2.75) is 0 Å². The molecule has 104 valence electrons. The van der Waals surface area contributed by atoms with E-state index < -0.39 is 17.5 Å². The fourth-order valence-corrected chi connectivity index (χ4v) is 2.43. The van der Waals surface area contributed by atoms with Crippen molar-refractivity contribution in [3.05, 3.63) is 58.1 Å². The average molecular weight is 305 g/mol. The van der Waals surface area contributed by atoms with Crippen LogP contribution in [-0.4, -0.2) is 9.55 Å². The van der Waals surface area contributed by atoms with Crippen LogP contribution in [0.3, 0.4) is 0 Å². The van der Waals surface area contributed by atoms with Crippen LogP contribution < -0.4 is 0 Å². The molecule has 0 fully saturated rings. The first-order valence-corrected chi connectivity index (χ1v) is 6.22. The molecule has 0 aliphatic carbocycles. The molecule has 0 aliphatic heterocycles. The second kappa shape index (κ2) is 4.75. The first-order valence-electron chi connectivity index (χ1n) is 5.81. The molecule has 1 heterocycles. The van der Waals surface area contributed by atoms with Gasteiger partial charge in [0.2, 0.25) is 0 Å². The standard InChI is InChI=1S/C14H6F3N3S/c15-8-4-11(17)13-12(5-8)20(14(21)19-13)9-1-2-10(16)7(3-9)6-18/h1-5H,(H,19,21). The average Bonchev–Trinajstić information content (AvgIpc) is 2.76. The van der Waals surface area contributed by atoms with Crippen LogP contribution in [0.1, 0.15) is 5.56 Å². The summed E-state index contributed by atoms with van der Waals surface area (Å²) in [6.45, 7) is 0. The molecule has 21 heavy (non-hydrogen) atoms. The lowest BCUT2D eigenvalue weighted by Gasteiger charge is -2.05. The van der Waals surface area contributed by atoms with Gasteiger partial charge in [0, 0.05) is 17.8 Å². The van der Waals surface area contributed by atoms with Crippen molar-refractivity contribution in [1.82, 2.24) is 9.55 Å². The molecule has 0 spiro atoms. The second-order valence-electron chi connectivity index (χ2n) is 4.32. The van der Waals surface area contributed by atoms with Gasteiger partial charge in [0.25, 0.3) is 0 Å². The van der Waals surface area contributed by atoms with Crippen molar-refractivity contribution in [2.75, 3.05) is 0 Å².